The molecule has 0 aliphatic carbocycles. The van der Waals surface area contributed by atoms with Gasteiger partial charge in [0.05, 0.1) is 24.8 Å². The summed E-state index contributed by atoms with van der Waals surface area (Å²) in [6.07, 6.45) is 0.000639. The van der Waals surface area contributed by atoms with Crippen molar-refractivity contribution >= 4 is 34.7 Å². The van der Waals surface area contributed by atoms with Crippen LogP contribution in [-0.4, -0.2) is 30.0 Å². The predicted molar refractivity (Wildman–Crippen MR) is 131 cm³/mol. The van der Waals surface area contributed by atoms with Gasteiger partial charge in [-0.3, -0.25) is 14.5 Å². The number of hydrogen-bond donors (Lipinski definition) is 1. The molecule has 0 bridgehead atoms. The van der Waals surface area contributed by atoms with E-state index in [2.05, 4.69) is 0 Å². The largest absolute Gasteiger partial charge is 0.507 e. The highest BCUT2D eigenvalue weighted by atomic mass is 35.5. The Labute approximate surface area is 203 Å². The molecule has 0 radical (unpaired) electrons. The molecule has 1 unspecified atom stereocenters. The van der Waals surface area contributed by atoms with Gasteiger partial charge in [0.1, 0.15) is 17.3 Å². The third-order valence-corrected chi connectivity index (χ3v) is 5.73. The summed E-state index contributed by atoms with van der Waals surface area (Å²) in [5.74, 6) is -0.478. The quantitative estimate of drug-likeness (QED) is 0.277. The number of aliphatic hydroxyl groups is 1. The first-order valence-electron chi connectivity index (χ1n) is 10.8. The number of amides is 1. The second-order valence-electron chi connectivity index (χ2n) is 8.11. The third-order valence-electron chi connectivity index (χ3n) is 5.48. The molecule has 1 saturated heterocycles. The maximum atomic E-state index is 13.2. The number of aliphatic hydroxyl groups excluding tert-OH is 1. The smallest absolute Gasteiger partial charge is 0.300 e. The fraction of sp³-hybridized carbons (Fsp3) is 0.185. The number of anilines is 1. The molecule has 1 heterocycles. The number of carbonyl (C=O) groups is 2. The van der Waals surface area contributed by atoms with Gasteiger partial charge in [0.25, 0.3) is 11.7 Å². The molecule has 174 valence electrons. The van der Waals surface area contributed by atoms with Gasteiger partial charge in [-0.05, 0) is 80.1 Å². The van der Waals surface area contributed by atoms with Crippen LogP contribution in [0.25, 0.3) is 5.76 Å². The Morgan fingerprint density at radius 1 is 0.912 bits per heavy atom. The molecule has 6 nitrogen and oxygen atoms in total. The zero-order valence-corrected chi connectivity index (χ0v) is 19.7. The molecule has 0 spiro atoms. The van der Waals surface area contributed by atoms with Gasteiger partial charge in [-0.1, -0.05) is 23.7 Å². The van der Waals surface area contributed by atoms with Crippen LogP contribution in [0.5, 0.6) is 11.5 Å². The number of ether oxygens (including phenoxy) is 2. The number of halogens is 1. The summed E-state index contributed by atoms with van der Waals surface area (Å²) >= 11 is 5.98. The van der Waals surface area contributed by atoms with Gasteiger partial charge in [-0.25, -0.2) is 0 Å². The molecular formula is C27H24ClNO5. The summed E-state index contributed by atoms with van der Waals surface area (Å²) in [6, 6.07) is 19.6. The monoisotopic (exact) mass is 477 g/mol. The molecule has 1 atom stereocenters. The van der Waals surface area contributed by atoms with Crippen molar-refractivity contribution in [3.63, 3.8) is 0 Å². The summed E-state index contributed by atoms with van der Waals surface area (Å²) < 4.78 is 10.9. The molecule has 3 aromatic rings. The molecule has 1 aliphatic rings. The predicted octanol–water partition coefficient (Wildman–Crippen LogP) is 5.76. The lowest BCUT2D eigenvalue weighted by atomic mass is 9.95. The van der Waals surface area contributed by atoms with Crippen LogP contribution in [0.1, 0.15) is 31.0 Å². The molecule has 34 heavy (non-hydrogen) atoms. The third kappa shape index (κ3) is 4.50. The van der Waals surface area contributed by atoms with Gasteiger partial charge >= 0.3 is 0 Å². The molecule has 1 amide bonds. The van der Waals surface area contributed by atoms with Crippen molar-refractivity contribution in [2.45, 2.75) is 26.0 Å². The Kier molecular flexibility index (Phi) is 6.61. The van der Waals surface area contributed by atoms with Crippen LogP contribution in [0.4, 0.5) is 5.69 Å². The Morgan fingerprint density at radius 3 is 2.06 bits per heavy atom. The van der Waals surface area contributed by atoms with Gasteiger partial charge in [-0.2, -0.15) is 0 Å². The van der Waals surface area contributed by atoms with Crippen molar-refractivity contribution in [1.82, 2.24) is 0 Å². The van der Waals surface area contributed by atoms with E-state index in [-0.39, 0.29) is 17.4 Å². The normalized spacial score (nSPS) is 17.3. The van der Waals surface area contributed by atoms with Crippen LogP contribution in [0.3, 0.4) is 0 Å². The van der Waals surface area contributed by atoms with Crippen LogP contribution >= 0.6 is 11.6 Å². The molecule has 0 saturated carbocycles. The first kappa shape index (κ1) is 23.4. The van der Waals surface area contributed by atoms with Crippen molar-refractivity contribution in [3.8, 4) is 11.5 Å². The zero-order chi connectivity index (χ0) is 24.4. The lowest BCUT2D eigenvalue weighted by molar-refractivity contribution is -0.132. The van der Waals surface area contributed by atoms with E-state index < -0.39 is 17.7 Å². The highest BCUT2D eigenvalue weighted by Gasteiger charge is 2.47. The lowest BCUT2D eigenvalue weighted by Gasteiger charge is -2.26. The lowest BCUT2D eigenvalue weighted by Crippen LogP contribution is -2.29. The van der Waals surface area contributed by atoms with Gasteiger partial charge in [0.2, 0.25) is 0 Å². The molecule has 1 aliphatic heterocycles. The number of rotatable bonds is 6. The Balaban J connectivity index is 1.87. The zero-order valence-electron chi connectivity index (χ0n) is 19.0. The van der Waals surface area contributed by atoms with Crippen molar-refractivity contribution in [3.05, 3.63) is 94.5 Å². The second kappa shape index (κ2) is 9.61. The molecular weight excluding hydrogens is 454 g/mol. The highest BCUT2D eigenvalue weighted by molar-refractivity contribution is 6.51. The molecule has 3 aromatic carbocycles. The van der Waals surface area contributed by atoms with Crippen LogP contribution in [0, 0.1) is 0 Å². The molecule has 4 rings (SSSR count). The van der Waals surface area contributed by atoms with Crippen LogP contribution < -0.4 is 14.4 Å². The van der Waals surface area contributed by atoms with Crippen molar-refractivity contribution < 1.29 is 24.2 Å². The topological polar surface area (TPSA) is 76.1 Å². The summed E-state index contributed by atoms with van der Waals surface area (Å²) in [4.78, 5) is 27.8. The van der Waals surface area contributed by atoms with Gasteiger partial charge in [0, 0.05) is 16.3 Å². The van der Waals surface area contributed by atoms with E-state index in [9.17, 15) is 14.7 Å². The van der Waals surface area contributed by atoms with E-state index in [0.29, 0.717) is 33.3 Å². The number of benzene rings is 3. The first-order valence-corrected chi connectivity index (χ1v) is 11.2. The number of Topliss-reactive ketones (excluding diaryl/α,β-unsaturated/α-hetero) is 1. The standard InChI is InChI=1S/C27H24ClNO5/c1-16(2)34-22-12-6-17(7-13-22)24-23(25(30)18-4-8-19(28)9-5-18)26(31)27(32)29(24)20-10-14-21(33-3)15-11-20/h4-16,24,30H,1-3H3/b25-23+. The average Bonchev–Trinajstić information content (AvgIpc) is 3.09. The maximum Gasteiger partial charge on any atom is 0.300 e. The van der Waals surface area contributed by atoms with E-state index in [0.717, 1.165) is 0 Å². The summed E-state index contributed by atoms with van der Waals surface area (Å²) in [6.45, 7) is 3.86. The van der Waals surface area contributed by atoms with Crippen molar-refractivity contribution in [2.75, 3.05) is 12.0 Å². The Bertz CT molecular complexity index is 1230. The van der Waals surface area contributed by atoms with Gasteiger partial charge in [0.15, 0.2) is 0 Å². The first-order chi connectivity index (χ1) is 16.3. The fourth-order valence-electron chi connectivity index (χ4n) is 3.92. The van der Waals surface area contributed by atoms with E-state index in [1.807, 2.05) is 13.8 Å². The van der Waals surface area contributed by atoms with Gasteiger partial charge < -0.3 is 14.6 Å². The second-order valence-corrected chi connectivity index (χ2v) is 8.55. The van der Waals surface area contributed by atoms with E-state index in [1.165, 1.54) is 4.90 Å². The number of methoxy groups -OCH3 is 1. The summed E-state index contributed by atoms with van der Waals surface area (Å²) in [7, 11) is 1.55. The van der Waals surface area contributed by atoms with E-state index >= 15 is 0 Å². The Hall–Kier alpha value is -3.77. The summed E-state index contributed by atoms with van der Waals surface area (Å²) in [5.41, 5.74) is 1.55. The minimum Gasteiger partial charge on any atom is -0.507 e. The van der Waals surface area contributed by atoms with Gasteiger partial charge in [-0.15, -0.1) is 0 Å². The number of carbonyl (C=O) groups excluding carboxylic acids is 2. The maximum absolute atomic E-state index is 13.2. The molecule has 1 fully saturated rings. The molecule has 0 aromatic heterocycles. The number of hydrogen-bond acceptors (Lipinski definition) is 5. The van der Waals surface area contributed by atoms with E-state index in [4.69, 9.17) is 21.1 Å². The summed E-state index contributed by atoms with van der Waals surface area (Å²) in [5, 5.41) is 11.6. The average molecular weight is 478 g/mol. The van der Waals surface area contributed by atoms with Crippen LogP contribution in [0.15, 0.2) is 78.4 Å². The molecule has 1 N–H and O–H groups in total. The number of nitrogens with zero attached hydrogens (tertiary/aromatic N) is 1. The fourth-order valence-corrected chi connectivity index (χ4v) is 4.05. The number of ketones is 1. The highest BCUT2D eigenvalue weighted by Crippen LogP contribution is 2.42. The molecule has 7 heteroatoms. The van der Waals surface area contributed by atoms with E-state index in [1.54, 1.807) is 79.9 Å². The van der Waals surface area contributed by atoms with Crippen molar-refractivity contribution in [2.24, 2.45) is 0 Å². The SMILES string of the molecule is COc1ccc(N2C(=O)C(=O)/C(=C(/O)c3ccc(Cl)cc3)C2c2ccc(OC(C)C)cc2)cc1. The minimum absolute atomic E-state index is 0.000619. The Morgan fingerprint density at radius 2 is 1.50 bits per heavy atom. The van der Waals surface area contributed by atoms with Crippen LogP contribution in [-0.2, 0) is 9.59 Å². The van der Waals surface area contributed by atoms with Crippen molar-refractivity contribution in [1.29, 1.82) is 0 Å². The minimum atomic E-state index is -0.836. The van der Waals surface area contributed by atoms with Crippen LogP contribution in [0.2, 0.25) is 5.02 Å².